The largest absolute Gasteiger partial charge is 0.473 e. The number of nitrogens with one attached hydrogen (secondary N) is 1. The summed E-state index contributed by atoms with van der Waals surface area (Å²) in [6, 6.07) is 12.7. The van der Waals surface area contributed by atoms with Gasteiger partial charge in [0, 0.05) is 44.1 Å². The van der Waals surface area contributed by atoms with Gasteiger partial charge >= 0.3 is 18.1 Å². The number of hydrogen-bond donors (Lipinski definition) is 3. The highest BCUT2D eigenvalue weighted by Gasteiger charge is 2.31. The fourth-order valence-electron chi connectivity index (χ4n) is 3.40. The molecule has 1 aliphatic rings. The summed E-state index contributed by atoms with van der Waals surface area (Å²) in [5, 5.41) is 14.8. The van der Waals surface area contributed by atoms with Crippen LogP contribution in [0.3, 0.4) is 0 Å². The maximum absolute atomic E-state index is 12.9. The van der Waals surface area contributed by atoms with Crippen molar-refractivity contribution in [3.63, 3.8) is 0 Å². The van der Waals surface area contributed by atoms with E-state index in [9.17, 15) is 21.6 Å². The number of halogens is 3. The third kappa shape index (κ3) is 9.83. The van der Waals surface area contributed by atoms with E-state index < -0.39 is 33.7 Å². The minimum Gasteiger partial charge on any atom is -0.473 e. The lowest BCUT2D eigenvalue weighted by molar-refractivity contribution is -0.159. The number of carboxylic acids is 2. The van der Waals surface area contributed by atoms with Crippen LogP contribution in [-0.4, -0.2) is 74.4 Å². The second-order valence-electron chi connectivity index (χ2n) is 7.81. The Kier molecular flexibility index (Phi) is 9.48. The van der Waals surface area contributed by atoms with E-state index in [-0.39, 0.29) is 0 Å². The predicted molar refractivity (Wildman–Crippen MR) is 124 cm³/mol. The van der Waals surface area contributed by atoms with Crippen molar-refractivity contribution in [2.45, 2.75) is 12.6 Å². The van der Waals surface area contributed by atoms with Gasteiger partial charge in [0.1, 0.15) is 0 Å². The molecule has 192 valence electrons. The Hall–Kier alpha value is -3.32. The molecule has 2 aromatic rings. The molecule has 0 spiro atoms. The number of alkyl halides is 3. The van der Waals surface area contributed by atoms with Gasteiger partial charge in [-0.15, -0.1) is 0 Å². The normalized spacial score (nSPS) is 14.6. The molecule has 0 saturated carbocycles. The van der Waals surface area contributed by atoms with Crippen LogP contribution in [0.15, 0.2) is 48.5 Å². The zero-order valence-electron chi connectivity index (χ0n) is 18.8. The minimum atomic E-state index is -4.33. The predicted octanol–water partition coefficient (Wildman–Crippen LogP) is 2.60. The van der Waals surface area contributed by atoms with Crippen molar-refractivity contribution in [2.75, 3.05) is 48.6 Å². The van der Waals surface area contributed by atoms with Gasteiger partial charge in [-0.2, -0.15) is 13.2 Å². The summed E-state index contributed by atoms with van der Waals surface area (Å²) < 4.78 is 63.9. The van der Waals surface area contributed by atoms with Gasteiger partial charge in [-0.1, -0.05) is 18.2 Å². The van der Waals surface area contributed by atoms with Crippen LogP contribution in [0.5, 0.6) is 0 Å². The second kappa shape index (κ2) is 11.9. The summed E-state index contributed by atoms with van der Waals surface area (Å²) in [4.78, 5) is 22.4. The molecule has 1 fully saturated rings. The average molecular weight is 518 g/mol. The van der Waals surface area contributed by atoms with Crippen LogP contribution < -0.4 is 9.62 Å². The first-order valence-electron chi connectivity index (χ1n) is 10.4. The summed E-state index contributed by atoms with van der Waals surface area (Å²) in [5.41, 5.74) is 1.54. The van der Waals surface area contributed by atoms with E-state index in [0.717, 1.165) is 43.9 Å². The fourth-order valence-corrected chi connectivity index (χ4v) is 3.96. The van der Waals surface area contributed by atoms with Crippen molar-refractivity contribution in [1.82, 2.24) is 4.90 Å². The fraction of sp³-hybridized carbons (Fsp3) is 0.364. The highest BCUT2D eigenvalue weighted by Crippen LogP contribution is 2.31. The number of carbonyl (C=O) groups is 2. The van der Waals surface area contributed by atoms with E-state index in [1.807, 2.05) is 23.1 Å². The van der Waals surface area contributed by atoms with Gasteiger partial charge < -0.3 is 15.1 Å². The number of hydrogen-bond acceptors (Lipinski definition) is 6. The molecule has 1 heterocycles. The maximum Gasteiger partial charge on any atom is 0.416 e. The molecule has 2 aromatic carbocycles. The lowest BCUT2D eigenvalue weighted by Crippen LogP contribution is -2.47. The first-order valence-corrected chi connectivity index (χ1v) is 12.3. The van der Waals surface area contributed by atoms with Gasteiger partial charge in [-0.05, 0) is 42.3 Å². The summed E-state index contributed by atoms with van der Waals surface area (Å²) in [5.74, 6) is -3.65. The molecule has 1 aliphatic heterocycles. The SMILES string of the molecule is CS(=O)(=O)Nc1cccc(CCN2CCN(c3cccc(C(F)(F)F)c3)CC2)c1.O=C(O)C(=O)O. The van der Waals surface area contributed by atoms with Crippen LogP contribution >= 0.6 is 0 Å². The maximum atomic E-state index is 12.9. The van der Waals surface area contributed by atoms with Crippen molar-refractivity contribution in [1.29, 1.82) is 0 Å². The molecule has 9 nitrogen and oxygen atoms in total. The number of benzene rings is 2. The van der Waals surface area contributed by atoms with Crippen LogP contribution in [0.25, 0.3) is 0 Å². The lowest BCUT2D eigenvalue weighted by Gasteiger charge is -2.36. The molecule has 0 unspecified atom stereocenters. The zero-order chi connectivity index (χ0) is 26.2. The van der Waals surface area contributed by atoms with E-state index in [4.69, 9.17) is 19.8 Å². The molecule has 0 bridgehead atoms. The van der Waals surface area contributed by atoms with Crippen molar-refractivity contribution in [2.24, 2.45) is 0 Å². The Balaban J connectivity index is 0.000000641. The van der Waals surface area contributed by atoms with E-state index >= 15 is 0 Å². The first-order chi connectivity index (χ1) is 16.2. The summed E-state index contributed by atoms with van der Waals surface area (Å²) in [7, 11) is -3.31. The Bertz CT molecular complexity index is 1120. The van der Waals surface area contributed by atoms with Crippen molar-refractivity contribution >= 4 is 33.3 Å². The molecule has 0 aromatic heterocycles. The molecule has 13 heteroatoms. The monoisotopic (exact) mass is 517 g/mol. The van der Waals surface area contributed by atoms with E-state index in [1.54, 1.807) is 12.1 Å². The number of aliphatic carboxylic acids is 2. The summed E-state index contributed by atoms with van der Waals surface area (Å²) in [6.45, 7) is 3.65. The van der Waals surface area contributed by atoms with Gasteiger partial charge in [0.05, 0.1) is 11.8 Å². The summed E-state index contributed by atoms with van der Waals surface area (Å²) in [6.07, 6.45) is -2.45. The Morgan fingerprint density at radius 2 is 1.57 bits per heavy atom. The number of nitrogens with zero attached hydrogens (tertiary/aromatic N) is 2. The highest BCUT2D eigenvalue weighted by molar-refractivity contribution is 7.92. The smallest absolute Gasteiger partial charge is 0.416 e. The van der Waals surface area contributed by atoms with Gasteiger partial charge in [0.15, 0.2) is 0 Å². The Morgan fingerprint density at radius 1 is 0.971 bits per heavy atom. The minimum absolute atomic E-state index is 0.541. The Labute approximate surface area is 200 Å². The number of piperazine rings is 1. The van der Waals surface area contributed by atoms with Crippen LogP contribution in [0.1, 0.15) is 11.1 Å². The Morgan fingerprint density at radius 3 is 2.11 bits per heavy atom. The van der Waals surface area contributed by atoms with Crippen molar-refractivity contribution in [3.8, 4) is 0 Å². The third-order valence-corrected chi connectivity index (χ3v) is 5.65. The standard InChI is InChI=1S/C20H24F3N3O2S.C2H2O4/c1-29(27,28)24-18-6-2-4-16(14-18)8-9-25-10-12-26(13-11-25)19-7-3-5-17(15-19)20(21,22)23;3-1(4)2(5)6/h2-7,14-15,24H,8-13H2,1H3;(H,3,4)(H,5,6). The third-order valence-electron chi connectivity index (χ3n) is 5.04. The molecule has 35 heavy (non-hydrogen) atoms. The number of sulfonamides is 1. The molecule has 0 radical (unpaired) electrons. The number of anilines is 2. The van der Waals surface area contributed by atoms with Crippen LogP contribution in [0.4, 0.5) is 24.5 Å². The quantitative estimate of drug-likeness (QED) is 0.499. The van der Waals surface area contributed by atoms with Crippen molar-refractivity contribution in [3.05, 3.63) is 59.7 Å². The van der Waals surface area contributed by atoms with Gasteiger partial charge in [0.2, 0.25) is 10.0 Å². The second-order valence-corrected chi connectivity index (χ2v) is 9.56. The first kappa shape index (κ1) is 27.9. The molecule has 3 rings (SSSR count). The molecule has 3 N–H and O–H groups in total. The van der Waals surface area contributed by atoms with Gasteiger partial charge in [0.25, 0.3) is 0 Å². The molecule has 0 aliphatic carbocycles. The van der Waals surface area contributed by atoms with Crippen LogP contribution in [0, 0.1) is 0 Å². The van der Waals surface area contributed by atoms with Gasteiger partial charge in [-0.25, -0.2) is 18.0 Å². The molecular weight excluding hydrogens is 491 g/mol. The number of rotatable bonds is 6. The van der Waals surface area contributed by atoms with E-state index in [0.29, 0.717) is 24.5 Å². The highest BCUT2D eigenvalue weighted by atomic mass is 32.2. The average Bonchev–Trinajstić information content (AvgIpc) is 2.77. The van der Waals surface area contributed by atoms with E-state index in [1.165, 1.54) is 12.1 Å². The summed E-state index contributed by atoms with van der Waals surface area (Å²) >= 11 is 0. The molecular formula is C22H26F3N3O6S. The molecule has 0 atom stereocenters. The molecule has 1 saturated heterocycles. The van der Waals surface area contributed by atoms with Crippen LogP contribution in [-0.2, 0) is 32.2 Å². The topological polar surface area (TPSA) is 127 Å². The zero-order valence-corrected chi connectivity index (χ0v) is 19.6. The molecule has 0 amide bonds. The lowest BCUT2D eigenvalue weighted by atomic mass is 10.1. The van der Waals surface area contributed by atoms with E-state index in [2.05, 4.69) is 9.62 Å². The van der Waals surface area contributed by atoms with Gasteiger partial charge in [-0.3, -0.25) is 9.62 Å². The van der Waals surface area contributed by atoms with Crippen molar-refractivity contribution < 1.29 is 41.4 Å². The number of carboxylic acid groups (broad SMARTS) is 2. The van der Waals surface area contributed by atoms with Crippen LogP contribution in [0.2, 0.25) is 0 Å².